The number of hydrogen-bond acceptors (Lipinski definition) is 3. The van der Waals surface area contributed by atoms with Gasteiger partial charge in [-0.05, 0) is 23.5 Å². The Morgan fingerprint density at radius 2 is 1.86 bits per heavy atom. The Kier molecular flexibility index (Phi) is 4.84. The van der Waals surface area contributed by atoms with Gasteiger partial charge in [0.15, 0.2) is 0 Å². The zero-order chi connectivity index (χ0) is 15.5. The normalized spacial score (nSPS) is 11.5. The average molecular weight is 304 g/mol. The van der Waals surface area contributed by atoms with E-state index in [-0.39, 0.29) is 5.41 Å². The second kappa shape index (κ2) is 6.44. The van der Waals surface area contributed by atoms with Gasteiger partial charge in [-0.15, -0.1) is 0 Å². The molecule has 1 heterocycles. The number of halogens is 1. The molecule has 0 amide bonds. The highest BCUT2D eigenvalue weighted by Crippen LogP contribution is 2.32. The summed E-state index contributed by atoms with van der Waals surface area (Å²) in [6, 6.07) is 8.31. The van der Waals surface area contributed by atoms with Crippen LogP contribution in [0.2, 0.25) is 5.15 Å². The minimum Gasteiger partial charge on any atom is -0.340 e. The Balaban J connectivity index is 2.42. The van der Waals surface area contributed by atoms with Crippen molar-refractivity contribution in [2.45, 2.75) is 46.0 Å². The maximum Gasteiger partial charge on any atom is 0.138 e. The summed E-state index contributed by atoms with van der Waals surface area (Å²) in [6.07, 6.45) is 3.37. The lowest BCUT2D eigenvalue weighted by Crippen LogP contribution is -2.14. The summed E-state index contributed by atoms with van der Waals surface area (Å²) in [5.74, 6) is 0.800. The molecule has 0 fully saturated rings. The first kappa shape index (κ1) is 15.8. The highest BCUT2D eigenvalue weighted by Gasteiger charge is 2.18. The van der Waals surface area contributed by atoms with Crippen LogP contribution in [0.4, 0.5) is 11.5 Å². The van der Waals surface area contributed by atoms with Crippen molar-refractivity contribution in [1.82, 2.24) is 9.97 Å². The van der Waals surface area contributed by atoms with Crippen LogP contribution in [0, 0.1) is 0 Å². The lowest BCUT2D eigenvalue weighted by atomic mass is 9.86. The van der Waals surface area contributed by atoms with Gasteiger partial charge in [0.25, 0.3) is 0 Å². The summed E-state index contributed by atoms with van der Waals surface area (Å²) < 4.78 is 0. The van der Waals surface area contributed by atoms with Gasteiger partial charge >= 0.3 is 0 Å². The number of hydrogen-bond donors (Lipinski definition) is 1. The van der Waals surface area contributed by atoms with Crippen molar-refractivity contribution >= 4 is 23.1 Å². The molecular formula is C17H22ClN3. The summed E-state index contributed by atoms with van der Waals surface area (Å²) in [4.78, 5) is 8.46. The minimum absolute atomic E-state index is 0.0609. The zero-order valence-electron chi connectivity index (χ0n) is 13.1. The van der Waals surface area contributed by atoms with E-state index >= 15 is 0 Å². The quantitative estimate of drug-likeness (QED) is 0.796. The van der Waals surface area contributed by atoms with E-state index < -0.39 is 0 Å². The Bertz CT molecular complexity index is 618. The van der Waals surface area contributed by atoms with Crippen LogP contribution in [-0.4, -0.2) is 9.97 Å². The summed E-state index contributed by atoms with van der Waals surface area (Å²) in [6.45, 7) is 8.73. The summed E-state index contributed by atoms with van der Waals surface area (Å²) >= 11 is 6.21. The average Bonchev–Trinajstić information content (AvgIpc) is 2.42. The van der Waals surface area contributed by atoms with Crippen molar-refractivity contribution in [1.29, 1.82) is 0 Å². The third-order valence-corrected chi connectivity index (χ3v) is 3.71. The van der Waals surface area contributed by atoms with E-state index in [1.165, 1.54) is 11.9 Å². The molecule has 0 saturated heterocycles. The van der Waals surface area contributed by atoms with Crippen LogP contribution in [0.1, 0.15) is 45.2 Å². The van der Waals surface area contributed by atoms with Gasteiger partial charge in [-0.2, -0.15) is 0 Å². The first-order chi connectivity index (χ1) is 9.93. The number of nitrogens with one attached hydrogen (secondary N) is 1. The van der Waals surface area contributed by atoms with Crippen molar-refractivity contribution in [3.63, 3.8) is 0 Å². The molecule has 21 heavy (non-hydrogen) atoms. The fourth-order valence-electron chi connectivity index (χ4n) is 2.34. The number of para-hydroxylation sites is 1. The van der Waals surface area contributed by atoms with E-state index in [9.17, 15) is 0 Å². The summed E-state index contributed by atoms with van der Waals surface area (Å²) in [5.41, 5.74) is 3.36. The van der Waals surface area contributed by atoms with Crippen molar-refractivity contribution in [3.05, 3.63) is 46.9 Å². The smallest absolute Gasteiger partial charge is 0.138 e. The zero-order valence-corrected chi connectivity index (χ0v) is 13.8. The molecular weight excluding hydrogens is 282 g/mol. The van der Waals surface area contributed by atoms with Gasteiger partial charge in [0, 0.05) is 11.3 Å². The molecule has 0 radical (unpaired) electrons. The molecule has 0 aliphatic rings. The third kappa shape index (κ3) is 3.73. The van der Waals surface area contributed by atoms with E-state index in [4.69, 9.17) is 11.6 Å². The van der Waals surface area contributed by atoms with Crippen LogP contribution in [0.15, 0.2) is 30.6 Å². The lowest BCUT2D eigenvalue weighted by Gasteiger charge is -2.23. The fourth-order valence-corrected chi connectivity index (χ4v) is 2.57. The van der Waals surface area contributed by atoms with E-state index in [1.807, 2.05) is 6.07 Å². The number of aromatic nitrogens is 2. The molecule has 0 aliphatic heterocycles. The van der Waals surface area contributed by atoms with E-state index in [2.05, 4.69) is 61.2 Å². The molecule has 0 spiro atoms. The van der Waals surface area contributed by atoms with Gasteiger partial charge in [-0.25, -0.2) is 9.97 Å². The first-order valence-corrected chi connectivity index (χ1v) is 7.67. The molecule has 112 valence electrons. The van der Waals surface area contributed by atoms with Gasteiger partial charge in [-0.3, -0.25) is 0 Å². The predicted octanol–water partition coefficient (Wildman–Crippen LogP) is 5.12. The van der Waals surface area contributed by atoms with Gasteiger partial charge in [0.2, 0.25) is 0 Å². The molecule has 4 heteroatoms. The Labute approximate surface area is 131 Å². The molecule has 0 unspecified atom stereocenters. The van der Waals surface area contributed by atoms with Crippen LogP contribution >= 0.6 is 11.6 Å². The maximum atomic E-state index is 6.21. The van der Waals surface area contributed by atoms with Crippen LogP contribution < -0.4 is 5.32 Å². The van der Waals surface area contributed by atoms with E-state index in [1.54, 1.807) is 0 Å². The van der Waals surface area contributed by atoms with E-state index in [0.29, 0.717) is 5.15 Å². The van der Waals surface area contributed by atoms with Crippen LogP contribution in [0.25, 0.3) is 0 Å². The highest BCUT2D eigenvalue weighted by molar-refractivity contribution is 6.30. The Morgan fingerprint density at radius 1 is 1.14 bits per heavy atom. The molecule has 1 aromatic heterocycles. The Morgan fingerprint density at radius 3 is 2.52 bits per heavy atom. The van der Waals surface area contributed by atoms with E-state index in [0.717, 1.165) is 29.9 Å². The molecule has 0 atom stereocenters. The molecule has 0 aliphatic carbocycles. The number of anilines is 2. The number of nitrogens with zero attached hydrogens (tertiary/aromatic N) is 2. The molecule has 2 rings (SSSR count). The summed E-state index contributed by atoms with van der Waals surface area (Å²) in [7, 11) is 0. The Hall–Kier alpha value is -1.61. The first-order valence-electron chi connectivity index (χ1n) is 7.29. The maximum absolute atomic E-state index is 6.21. The fraction of sp³-hybridized carbons (Fsp3) is 0.412. The molecule has 0 saturated carbocycles. The van der Waals surface area contributed by atoms with Crippen molar-refractivity contribution in [2.75, 3.05) is 5.32 Å². The molecule has 1 N–H and O–H groups in total. The number of benzene rings is 1. The summed E-state index contributed by atoms with van der Waals surface area (Å²) in [5, 5.41) is 3.97. The predicted molar refractivity (Wildman–Crippen MR) is 89.5 cm³/mol. The lowest BCUT2D eigenvalue weighted by molar-refractivity contribution is 0.592. The van der Waals surface area contributed by atoms with Gasteiger partial charge in [0.1, 0.15) is 17.3 Å². The molecule has 3 nitrogen and oxygen atoms in total. The second-order valence-electron chi connectivity index (χ2n) is 6.16. The molecule has 1 aromatic carbocycles. The van der Waals surface area contributed by atoms with Crippen molar-refractivity contribution < 1.29 is 0 Å². The largest absolute Gasteiger partial charge is 0.340 e. The number of rotatable bonds is 4. The second-order valence-corrected chi connectivity index (χ2v) is 6.52. The van der Waals surface area contributed by atoms with Crippen LogP contribution in [0.3, 0.4) is 0 Å². The SMILES string of the molecule is CCCc1c(Cl)ncnc1Nc1ccccc1C(C)(C)C. The van der Waals surface area contributed by atoms with Gasteiger partial charge in [0.05, 0.1) is 0 Å². The standard InChI is InChI=1S/C17H22ClN3/c1-5-8-12-15(18)19-11-20-16(12)21-14-10-7-6-9-13(14)17(2,3)4/h6-7,9-11H,5,8H2,1-4H3,(H,19,20,21). The highest BCUT2D eigenvalue weighted by atomic mass is 35.5. The van der Waals surface area contributed by atoms with Gasteiger partial charge < -0.3 is 5.32 Å². The monoisotopic (exact) mass is 303 g/mol. The minimum atomic E-state index is 0.0609. The van der Waals surface area contributed by atoms with Crippen LogP contribution in [0.5, 0.6) is 0 Å². The van der Waals surface area contributed by atoms with Crippen molar-refractivity contribution in [2.24, 2.45) is 0 Å². The van der Waals surface area contributed by atoms with Gasteiger partial charge in [-0.1, -0.05) is 63.9 Å². The third-order valence-electron chi connectivity index (χ3n) is 3.38. The van der Waals surface area contributed by atoms with Crippen molar-refractivity contribution in [3.8, 4) is 0 Å². The molecule has 0 bridgehead atoms. The molecule has 2 aromatic rings. The topological polar surface area (TPSA) is 37.8 Å². The van der Waals surface area contributed by atoms with Crippen LogP contribution in [-0.2, 0) is 11.8 Å².